The molecule has 1 aliphatic heterocycles. The second-order valence-electron chi connectivity index (χ2n) is 6.68. The van der Waals surface area contributed by atoms with E-state index in [0.717, 1.165) is 0 Å². The van der Waals surface area contributed by atoms with Crippen LogP contribution in [-0.4, -0.2) is 24.1 Å². The SMILES string of the molecule is CN1C=COC(C(C)(C)C)C1C(C)(C)C. The van der Waals surface area contributed by atoms with E-state index in [0.29, 0.717) is 6.04 Å². The van der Waals surface area contributed by atoms with Crippen LogP contribution in [0.1, 0.15) is 41.5 Å². The third-order valence-electron chi connectivity index (χ3n) is 2.99. The average Bonchev–Trinajstić information content (AvgIpc) is 1.99. The monoisotopic (exact) mass is 211 g/mol. The first kappa shape index (κ1) is 12.4. The van der Waals surface area contributed by atoms with Crippen molar-refractivity contribution in [3.63, 3.8) is 0 Å². The highest BCUT2D eigenvalue weighted by Crippen LogP contribution is 2.38. The van der Waals surface area contributed by atoms with Gasteiger partial charge in [0.2, 0.25) is 0 Å². The largest absolute Gasteiger partial charge is 0.494 e. The van der Waals surface area contributed by atoms with E-state index >= 15 is 0 Å². The van der Waals surface area contributed by atoms with Gasteiger partial charge in [-0.15, -0.1) is 0 Å². The Labute approximate surface area is 94.3 Å². The van der Waals surface area contributed by atoms with Crippen LogP contribution in [-0.2, 0) is 4.74 Å². The molecule has 0 bridgehead atoms. The Morgan fingerprint density at radius 1 is 1.00 bits per heavy atom. The van der Waals surface area contributed by atoms with Gasteiger partial charge in [0.25, 0.3) is 0 Å². The molecule has 15 heavy (non-hydrogen) atoms. The van der Waals surface area contributed by atoms with Crippen molar-refractivity contribution in [2.45, 2.75) is 53.7 Å². The molecule has 0 fully saturated rings. The van der Waals surface area contributed by atoms with Crippen molar-refractivity contribution in [2.75, 3.05) is 7.05 Å². The molecule has 2 heteroatoms. The molecule has 1 rings (SSSR count). The van der Waals surface area contributed by atoms with Gasteiger partial charge >= 0.3 is 0 Å². The molecule has 0 aliphatic carbocycles. The van der Waals surface area contributed by atoms with Gasteiger partial charge in [0.05, 0.1) is 12.3 Å². The molecule has 0 N–H and O–H groups in total. The predicted molar refractivity (Wildman–Crippen MR) is 64.5 cm³/mol. The Kier molecular flexibility index (Phi) is 3.09. The fourth-order valence-electron chi connectivity index (χ4n) is 2.34. The van der Waals surface area contributed by atoms with E-state index in [9.17, 15) is 0 Å². The third-order valence-corrected chi connectivity index (χ3v) is 2.99. The maximum absolute atomic E-state index is 5.83. The molecular weight excluding hydrogens is 186 g/mol. The highest BCUT2D eigenvalue weighted by Gasteiger charge is 2.43. The van der Waals surface area contributed by atoms with Crippen molar-refractivity contribution in [3.8, 4) is 0 Å². The fourth-order valence-corrected chi connectivity index (χ4v) is 2.34. The van der Waals surface area contributed by atoms with Gasteiger partial charge in [-0.2, -0.15) is 0 Å². The molecule has 0 amide bonds. The number of nitrogens with zero attached hydrogens (tertiary/aromatic N) is 1. The molecule has 1 heterocycles. The lowest BCUT2D eigenvalue weighted by molar-refractivity contribution is -0.0662. The van der Waals surface area contributed by atoms with Crippen molar-refractivity contribution >= 4 is 0 Å². The van der Waals surface area contributed by atoms with Gasteiger partial charge in [-0.3, -0.25) is 0 Å². The molecule has 0 aromatic rings. The second-order valence-corrected chi connectivity index (χ2v) is 6.68. The number of hydrogen-bond donors (Lipinski definition) is 0. The topological polar surface area (TPSA) is 12.5 Å². The van der Waals surface area contributed by atoms with Crippen LogP contribution in [0.4, 0.5) is 0 Å². The molecule has 2 unspecified atom stereocenters. The van der Waals surface area contributed by atoms with E-state index in [4.69, 9.17) is 4.74 Å². The van der Waals surface area contributed by atoms with Crippen LogP contribution in [0.15, 0.2) is 12.5 Å². The van der Waals surface area contributed by atoms with Gasteiger partial charge in [-0.1, -0.05) is 41.5 Å². The standard InChI is InChI=1S/C13H25NO/c1-12(2,3)10-11(13(4,5)6)15-9-8-14(10)7/h8-11H,1-7H3. The molecule has 1 aliphatic rings. The zero-order chi connectivity index (χ0) is 11.9. The maximum atomic E-state index is 5.83. The van der Waals surface area contributed by atoms with Crippen LogP contribution in [0.3, 0.4) is 0 Å². The Bertz CT molecular complexity index is 244. The first-order chi connectivity index (χ1) is 6.64. The molecule has 0 radical (unpaired) electrons. The van der Waals surface area contributed by atoms with Crippen LogP contribution in [0.25, 0.3) is 0 Å². The summed E-state index contributed by atoms with van der Waals surface area (Å²) in [5.41, 5.74) is 0.383. The van der Waals surface area contributed by atoms with Gasteiger partial charge in [0.15, 0.2) is 0 Å². The normalized spacial score (nSPS) is 27.8. The van der Waals surface area contributed by atoms with Gasteiger partial charge in [0.1, 0.15) is 6.10 Å². The molecule has 88 valence electrons. The third kappa shape index (κ3) is 2.67. The first-order valence-corrected chi connectivity index (χ1v) is 5.68. The van der Waals surface area contributed by atoms with E-state index in [2.05, 4.69) is 53.5 Å². The number of ether oxygens (including phenoxy) is 1. The summed E-state index contributed by atoms with van der Waals surface area (Å²) in [5.74, 6) is 0. The predicted octanol–water partition coefficient (Wildman–Crippen LogP) is 3.25. The molecular formula is C13H25NO. The summed E-state index contributed by atoms with van der Waals surface area (Å²) < 4.78 is 5.83. The first-order valence-electron chi connectivity index (χ1n) is 5.68. The van der Waals surface area contributed by atoms with Gasteiger partial charge < -0.3 is 9.64 Å². The number of hydrogen-bond acceptors (Lipinski definition) is 2. The molecule has 0 aromatic heterocycles. The van der Waals surface area contributed by atoms with Crippen LogP contribution < -0.4 is 0 Å². The quantitative estimate of drug-likeness (QED) is 0.610. The molecule has 2 nitrogen and oxygen atoms in total. The summed E-state index contributed by atoms with van der Waals surface area (Å²) in [5, 5.41) is 0. The number of rotatable bonds is 0. The van der Waals surface area contributed by atoms with E-state index in [1.54, 1.807) is 0 Å². The highest BCUT2D eigenvalue weighted by molar-refractivity contribution is 5.01. The van der Waals surface area contributed by atoms with Gasteiger partial charge in [-0.25, -0.2) is 0 Å². The van der Waals surface area contributed by atoms with Crippen molar-refractivity contribution in [2.24, 2.45) is 10.8 Å². The van der Waals surface area contributed by atoms with Crippen molar-refractivity contribution < 1.29 is 4.74 Å². The Morgan fingerprint density at radius 2 is 1.53 bits per heavy atom. The summed E-state index contributed by atoms with van der Waals surface area (Å²) in [4.78, 5) is 2.28. The minimum Gasteiger partial charge on any atom is -0.494 e. The Balaban J connectivity index is 3.01. The Morgan fingerprint density at radius 3 is 1.87 bits per heavy atom. The molecule has 0 aromatic carbocycles. The minimum absolute atomic E-state index is 0.164. The fraction of sp³-hybridized carbons (Fsp3) is 0.846. The average molecular weight is 211 g/mol. The molecule has 0 spiro atoms. The lowest BCUT2D eigenvalue weighted by Crippen LogP contribution is -2.54. The van der Waals surface area contributed by atoms with E-state index in [1.165, 1.54) is 0 Å². The van der Waals surface area contributed by atoms with Gasteiger partial charge in [-0.05, 0) is 5.41 Å². The maximum Gasteiger partial charge on any atom is 0.123 e. The smallest absolute Gasteiger partial charge is 0.123 e. The molecule has 2 atom stereocenters. The van der Waals surface area contributed by atoms with Crippen LogP contribution in [0.5, 0.6) is 0 Å². The van der Waals surface area contributed by atoms with Crippen LogP contribution in [0, 0.1) is 10.8 Å². The lowest BCUT2D eigenvalue weighted by Gasteiger charge is -2.48. The summed E-state index contributed by atoms with van der Waals surface area (Å²) in [6.45, 7) is 13.5. The van der Waals surface area contributed by atoms with Crippen LogP contribution >= 0.6 is 0 Å². The van der Waals surface area contributed by atoms with Crippen molar-refractivity contribution in [3.05, 3.63) is 12.5 Å². The molecule has 0 saturated heterocycles. The number of likely N-dealkylation sites (N-methyl/N-ethyl adjacent to an activating group) is 1. The second kappa shape index (κ2) is 3.73. The minimum atomic E-state index is 0.164. The summed E-state index contributed by atoms with van der Waals surface area (Å²) in [6, 6.07) is 0.419. The van der Waals surface area contributed by atoms with E-state index in [-0.39, 0.29) is 16.9 Å². The zero-order valence-corrected chi connectivity index (χ0v) is 11.2. The molecule has 0 saturated carbocycles. The lowest BCUT2D eigenvalue weighted by atomic mass is 9.73. The Hall–Kier alpha value is -0.660. The summed E-state index contributed by atoms with van der Waals surface area (Å²) in [6.07, 6.45) is 4.09. The van der Waals surface area contributed by atoms with Gasteiger partial charge in [0, 0.05) is 18.7 Å². The van der Waals surface area contributed by atoms with E-state index in [1.807, 2.05) is 12.5 Å². The van der Waals surface area contributed by atoms with Crippen molar-refractivity contribution in [1.82, 2.24) is 4.90 Å². The van der Waals surface area contributed by atoms with Crippen LogP contribution in [0.2, 0.25) is 0 Å². The highest BCUT2D eigenvalue weighted by atomic mass is 16.5. The van der Waals surface area contributed by atoms with E-state index < -0.39 is 0 Å². The zero-order valence-electron chi connectivity index (χ0n) is 11.2. The van der Waals surface area contributed by atoms with Crippen molar-refractivity contribution in [1.29, 1.82) is 0 Å². The summed E-state index contributed by atoms with van der Waals surface area (Å²) in [7, 11) is 2.13. The summed E-state index contributed by atoms with van der Waals surface area (Å²) >= 11 is 0.